The zero-order chi connectivity index (χ0) is 14.0. The summed E-state index contributed by atoms with van der Waals surface area (Å²) in [4.78, 5) is 10.9. The van der Waals surface area contributed by atoms with Crippen LogP contribution in [0.25, 0.3) is 0 Å². The molecule has 0 aliphatic carbocycles. The summed E-state index contributed by atoms with van der Waals surface area (Å²) in [7, 11) is 0. The first kappa shape index (κ1) is 14.5. The zero-order valence-corrected chi connectivity index (χ0v) is 12.6. The smallest absolute Gasteiger partial charge is 0.321 e. The van der Waals surface area contributed by atoms with Crippen LogP contribution in [0.15, 0.2) is 16.6 Å². The van der Waals surface area contributed by atoms with E-state index in [1.54, 1.807) is 12.1 Å². The van der Waals surface area contributed by atoms with Crippen LogP contribution >= 0.6 is 27.7 Å². The summed E-state index contributed by atoms with van der Waals surface area (Å²) in [6.07, 6.45) is 0. The highest BCUT2D eigenvalue weighted by molar-refractivity contribution is 9.10. The van der Waals surface area contributed by atoms with Crippen molar-refractivity contribution in [3.05, 3.63) is 22.2 Å². The predicted octanol–water partition coefficient (Wildman–Crippen LogP) is 2.34. The van der Waals surface area contributed by atoms with Gasteiger partial charge in [-0.3, -0.25) is 10.1 Å². The quantitative estimate of drug-likeness (QED) is 0.775. The van der Waals surface area contributed by atoms with E-state index in [-0.39, 0.29) is 11.1 Å². The Morgan fingerprint density at radius 3 is 2.95 bits per heavy atom. The van der Waals surface area contributed by atoms with Crippen molar-refractivity contribution in [2.45, 2.75) is 18.3 Å². The number of thioether (sulfide) groups is 1. The summed E-state index contributed by atoms with van der Waals surface area (Å²) in [6.45, 7) is 2.29. The van der Waals surface area contributed by atoms with E-state index in [1.165, 1.54) is 11.8 Å². The molecule has 1 aromatic carbocycles. The molecule has 5 nitrogen and oxygen atoms in total. The molecule has 1 heterocycles. The summed E-state index contributed by atoms with van der Waals surface area (Å²) in [5, 5.41) is 21.7. The van der Waals surface area contributed by atoms with Gasteiger partial charge in [0.15, 0.2) is 11.5 Å². The number of halogens is 1. The zero-order valence-electron chi connectivity index (χ0n) is 10.2. The number of rotatable bonds is 4. The van der Waals surface area contributed by atoms with Crippen molar-refractivity contribution in [1.82, 2.24) is 5.32 Å². The van der Waals surface area contributed by atoms with E-state index in [9.17, 15) is 9.90 Å². The molecule has 1 fully saturated rings. The molecule has 0 amide bonds. The van der Waals surface area contributed by atoms with Crippen molar-refractivity contribution in [1.29, 1.82) is 0 Å². The number of benzene rings is 1. The lowest BCUT2D eigenvalue weighted by Gasteiger charge is -2.15. The fourth-order valence-electron chi connectivity index (χ4n) is 1.82. The second-order valence-corrected chi connectivity index (χ2v) is 6.05. The number of aliphatic carboxylic acids is 1. The summed E-state index contributed by atoms with van der Waals surface area (Å²) < 4.78 is 5.90. The lowest BCUT2D eigenvalue weighted by molar-refractivity contribution is -0.138. The largest absolute Gasteiger partial charge is 0.503 e. The van der Waals surface area contributed by atoms with Crippen LogP contribution in [0, 0.1) is 0 Å². The highest BCUT2D eigenvalue weighted by Gasteiger charge is 2.31. The third-order valence-corrected chi connectivity index (χ3v) is 4.61. The number of phenols is 1. The molecular weight excluding hydrogens is 334 g/mol. The Morgan fingerprint density at radius 2 is 2.37 bits per heavy atom. The molecule has 1 aliphatic heterocycles. The molecule has 19 heavy (non-hydrogen) atoms. The second-order valence-electron chi connectivity index (χ2n) is 4.05. The monoisotopic (exact) mass is 347 g/mol. The normalized spacial score (nSPS) is 22.4. The maximum Gasteiger partial charge on any atom is 0.321 e. The van der Waals surface area contributed by atoms with E-state index in [1.807, 2.05) is 6.92 Å². The Morgan fingerprint density at radius 1 is 1.63 bits per heavy atom. The first-order chi connectivity index (χ1) is 9.02. The number of hydrogen-bond donors (Lipinski definition) is 3. The molecule has 3 N–H and O–H groups in total. The van der Waals surface area contributed by atoms with E-state index >= 15 is 0 Å². The van der Waals surface area contributed by atoms with E-state index in [0.717, 1.165) is 5.56 Å². The Balaban J connectivity index is 2.23. The second kappa shape index (κ2) is 6.02. The minimum atomic E-state index is -0.849. The van der Waals surface area contributed by atoms with Crippen LogP contribution in [-0.2, 0) is 4.79 Å². The molecule has 1 saturated heterocycles. The van der Waals surface area contributed by atoms with Crippen LogP contribution in [0.3, 0.4) is 0 Å². The minimum absolute atomic E-state index is 0.0587. The van der Waals surface area contributed by atoms with Gasteiger partial charge in [0.1, 0.15) is 6.04 Å². The molecule has 0 saturated carbocycles. The number of aromatic hydroxyl groups is 1. The predicted molar refractivity (Wildman–Crippen MR) is 76.7 cm³/mol. The molecule has 0 aromatic heterocycles. The van der Waals surface area contributed by atoms with Gasteiger partial charge >= 0.3 is 5.97 Å². The minimum Gasteiger partial charge on any atom is -0.503 e. The fourth-order valence-corrected chi connectivity index (χ4v) is 3.49. The van der Waals surface area contributed by atoms with Gasteiger partial charge in [-0.25, -0.2) is 0 Å². The van der Waals surface area contributed by atoms with Crippen molar-refractivity contribution < 1.29 is 19.7 Å². The van der Waals surface area contributed by atoms with E-state index < -0.39 is 12.0 Å². The molecule has 1 aliphatic rings. The molecule has 2 rings (SSSR count). The van der Waals surface area contributed by atoms with Gasteiger partial charge in [-0.1, -0.05) is 0 Å². The average Bonchev–Trinajstić information content (AvgIpc) is 2.84. The summed E-state index contributed by atoms with van der Waals surface area (Å²) in [5.41, 5.74) is 0.877. The fraction of sp³-hybridized carbons (Fsp3) is 0.417. The van der Waals surface area contributed by atoms with Crippen molar-refractivity contribution in [2.75, 3.05) is 12.4 Å². The molecule has 7 heteroatoms. The van der Waals surface area contributed by atoms with Crippen LogP contribution in [0.4, 0.5) is 0 Å². The Labute approximate surface area is 123 Å². The molecule has 1 aromatic rings. The number of hydrogen-bond acceptors (Lipinski definition) is 5. The molecule has 0 radical (unpaired) electrons. The Hall–Kier alpha value is -0.920. The van der Waals surface area contributed by atoms with Crippen LogP contribution in [0.2, 0.25) is 0 Å². The molecule has 2 atom stereocenters. The van der Waals surface area contributed by atoms with Gasteiger partial charge in [0.05, 0.1) is 16.5 Å². The number of carboxylic acids is 1. The maximum absolute atomic E-state index is 10.9. The van der Waals surface area contributed by atoms with Crippen molar-refractivity contribution in [2.24, 2.45) is 0 Å². The number of carbonyl (C=O) groups is 1. The standard InChI is InChI=1S/C12H14BrNO4S/c1-2-18-9-4-6(3-7(13)10(9)15)11-14-8(5-19-11)12(16)17/h3-4,8,11,14-15H,2,5H2,1H3,(H,16,17)/t8-,11+/m0/s1. The Kier molecular flexibility index (Phi) is 4.59. The summed E-state index contributed by atoms with van der Waals surface area (Å²) >= 11 is 4.80. The summed E-state index contributed by atoms with van der Waals surface area (Å²) in [6, 6.07) is 2.96. The Bertz CT molecular complexity index is 497. The first-order valence-corrected chi connectivity index (χ1v) is 7.62. The van der Waals surface area contributed by atoms with Gasteiger partial charge < -0.3 is 14.9 Å². The SMILES string of the molecule is CCOc1cc([C@@H]2N[C@H](C(=O)O)CS2)cc(Br)c1O. The number of phenolic OH excluding ortho intramolecular Hbond substituents is 1. The van der Waals surface area contributed by atoms with Crippen molar-refractivity contribution in [3.8, 4) is 11.5 Å². The number of carboxylic acid groups (broad SMARTS) is 1. The highest BCUT2D eigenvalue weighted by atomic mass is 79.9. The van der Waals surface area contributed by atoms with Gasteiger partial charge in [-0.05, 0) is 40.5 Å². The first-order valence-electron chi connectivity index (χ1n) is 5.78. The van der Waals surface area contributed by atoms with Gasteiger partial charge in [-0.2, -0.15) is 0 Å². The molecular formula is C12H14BrNO4S. The maximum atomic E-state index is 10.9. The van der Waals surface area contributed by atoms with Crippen LogP contribution < -0.4 is 10.1 Å². The average molecular weight is 348 g/mol. The number of nitrogens with one attached hydrogen (secondary N) is 1. The van der Waals surface area contributed by atoms with E-state index in [4.69, 9.17) is 9.84 Å². The van der Waals surface area contributed by atoms with Crippen molar-refractivity contribution >= 4 is 33.7 Å². The molecule has 0 bridgehead atoms. The van der Waals surface area contributed by atoms with Crippen molar-refractivity contribution in [3.63, 3.8) is 0 Å². The van der Waals surface area contributed by atoms with Crippen LogP contribution in [0.1, 0.15) is 17.9 Å². The van der Waals surface area contributed by atoms with Gasteiger partial charge in [0.25, 0.3) is 0 Å². The van der Waals surface area contributed by atoms with Crippen LogP contribution in [-0.4, -0.2) is 34.6 Å². The summed E-state index contributed by atoms with van der Waals surface area (Å²) in [5.74, 6) is 0.122. The van der Waals surface area contributed by atoms with E-state index in [2.05, 4.69) is 21.2 Å². The molecule has 104 valence electrons. The van der Waals surface area contributed by atoms with Crippen LogP contribution in [0.5, 0.6) is 11.5 Å². The molecule has 0 spiro atoms. The van der Waals surface area contributed by atoms with Gasteiger partial charge in [0.2, 0.25) is 0 Å². The lowest BCUT2D eigenvalue weighted by Crippen LogP contribution is -2.33. The topological polar surface area (TPSA) is 78.8 Å². The highest BCUT2D eigenvalue weighted by Crippen LogP contribution is 2.41. The third-order valence-electron chi connectivity index (χ3n) is 2.73. The van der Waals surface area contributed by atoms with E-state index in [0.29, 0.717) is 22.6 Å². The lowest BCUT2D eigenvalue weighted by atomic mass is 10.2. The van der Waals surface area contributed by atoms with Gasteiger partial charge in [0, 0.05) is 5.75 Å². The molecule has 0 unspecified atom stereocenters. The third kappa shape index (κ3) is 3.16. The number of ether oxygens (including phenoxy) is 1. The van der Waals surface area contributed by atoms with Gasteiger partial charge in [-0.15, -0.1) is 11.8 Å².